The van der Waals surface area contributed by atoms with E-state index in [1.807, 2.05) is 11.3 Å². The number of hydrogen-bond donors (Lipinski definition) is 1. The van der Waals surface area contributed by atoms with Crippen LogP contribution in [0.4, 0.5) is 0 Å². The van der Waals surface area contributed by atoms with Gasteiger partial charge in [0, 0.05) is 15.8 Å². The van der Waals surface area contributed by atoms with E-state index in [0.717, 1.165) is 12.3 Å². The molecule has 66 valence electrons. The minimum absolute atomic E-state index is 0.329. The van der Waals surface area contributed by atoms with Crippen LogP contribution >= 0.6 is 11.3 Å². The molecule has 0 spiro atoms. The Morgan fingerprint density at radius 1 is 1.58 bits per heavy atom. The fourth-order valence-electron chi connectivity index (χ4n) is 1.45. The van der Waals surface area contributed by atoms with Gasteiger partial charge in [-0.15, -0.1) is 11.3 Å². The standard InChI is InChI=1S/C10H15NS/c1-2-8-5-6-9(12-8)10(11)7-3-4-7/h5-7,10H,2-4,11H2,1H3/t10-/m0/s1. The summed E-state index contributed by atoms with van der Waals surface area (Å²) in [4.78, 5) is 2.84. The first kappa shape index (κ1) is 8.27. The van der Waals surface area contributed by atoms with Crippen LogP contribution in [0.15, 0.2) is 12.1 Å². The van der Waals surface area contributed by atoms with Crippen molar-refractivity contribution in [2.75, 3.05) is 0 Å². The molecule has 1 aromatic rings. The maximum absolute atomic E-state index is 6.08. The van der Waals surface area contributed by atoms with Crippen molar-refractivity contribution in [2.45, 2.75) is 32.2 Å². The first-order valence-corrected chi connectivity index (χ1v) is 5.47. The minimum atomic E-state index is 0.329. The lowest BCUT2D eigenvalue weighted by Gasteiger charge is -2.05. The molecule has 1 fully saturated rings. The van der Waals surface area contributed by atoms with Crippen molar-refractivity contribution >= 4 is 11.3 Å². The summed E-state index contributed by atoms with van der Waals surface area (Å²) in [6.45, 7) is 2.19. The predicted octanol–water partition coefficient (Wildman–Crippen LogP) is 2.72. The number of hydrogen-bond acceptors (Lipinski definition) is 2. The van der Waals surface area contributed by atoms with Crippen molar-refractivity contribution < 1.29 is 0 Å². The van der Waals surface area contributed by atoms with E-state index in [1.165, 1.54) is 22.6 Å². The molecule has 1 atom stereocenters. The molecule has 0 unspecified atom stereocenters. The average Bonchev–Trinajstić information content (AvgIpc) is 2.82. The van der Waals surface area contributed by atoms with Crippen LogP contribution in [0.25, 0.3) is 0 Å². The zero-order valence-corrected chi connectivity index (χ0v) is 8.23. The molecule has 0 bridgehead atoms. The molecular weight excluding hydrogens is 166 g/mol. The van der Waals surface area contributed by atoms with E-state index in [1.54, 1.807) is 0 Å². The van der Waals surface area contributed by atoms with Gasteiger partial charge in [-0.25, -0.2) is 0 Å². The summed E-state index contributed by atoms with van der Waals surface area (Å²) >= 11 is 1.88. The van der Waals surface area contributed by atoms with Crippen molar-refractivity contribution in [1.29, 1.82) is 0 Å². The highest BCUT2D eigenvalue weighted by molar-refractivity contribution is 7.12. The minimum Gasteiger partial charge on any atom is -0.323 e. The largest absolute Gasteiger partial charge is 0.323 e. The van der Waals surface area contributed by atoms with E-state index in [9.17, 15) is 0 Å². The van der Waals surface area contributed by atoms with Gasteiger partial charge in [0.1, 0.15) is 0 Å². The monoisotopic (exact) mass is 181 g/mol. The summed E-state index contributed by atoms with van der Waals surface area (Å²) in [5.41, 5.74) is 6.08. The second kappa shape index (κ2) is 3.19. The van der Waals surface area contributed by atoms with Crippen LogP contribution in [0.5, 0.6) is 0 Å². The molecule has 1 aliphatic rings. The van der Waals surface area contributed by atoms with Gasteiger partial charge >= 0.3 is 0 Å². The Bertz CT molecular complexity index is 263. The van der Waals surface area contributed by atoms with Crippen LogP contribution in [0.1, 0.15) is 35.6 Å². The Kier molecular flexibility index (Phi) is 2.20. The molecule has 1 aliphatic carbocycles. The SMILES string of the molecule is CCc1ccc([C@@H](N)C2CC2)s1. The highest BCUT2D eigenvalue weighted by atomic mass is 32.1. The maximum atomic E-state index is 6.08. The van der Waals surface area contributed by atoms with Gasteiger partial charge in [-0.05, 0) is 37.3 Å². The lowest BCUT2D eigenvalue weighted by Crippen LogP contribution is -2.10. The average molecular weight is 181 g/mol. The van der Waals surface area contributed by atoms with Gasteiger partial charge in [0.2, 0.25) is 0 Å². The molecular formula is C10H15NS. The third-order valence-electron chi connectivity index (χ3n) is 2.49. The fraction of sp³-hybridized carbons (Fsp3) is 0.600. The zero-order valence-electron chi connectivity index (χ0n) is 7.42. The van der Waals surface area contributed by atoms with Crippen molar-refractivity contribution in [2.24, 2.45) is 11.7 Å². The van der Waals surface area contributed by atoms with Gasteiger partial charge in [0.05, 0.1) is 0 Å². The third-order valence-corrected chi connectivity index (χ3v) is 3.82. The maximum Gasteiger partial charge on any atom is 0.0418 e. The van der Waals surface area contributed by atoms with Gasteiger partial charge in [-0.1, -0.05) is 6.92 Å². The van der Waals surface area contributed by atoms with Gasteiger partial charge in [0.25, 0.3) is 0 Å². The molecule has 12 heavy (non-hydrogen) atoms. The lowest BCUT2D eigenvalue weighted by molar-refractivity contribution is 0.645. The first-order valence-electron chi connectivity index (χ1n) is 4.65. The first-order chi connectivity index (χ1) is 5.81. The molecule has 1 heterocycles. The number of aryl methyl sites for hydroxylation is 1. The molecule has 1 nitrogen and oxygen atoms in total. The van der Waals surface area contributed by atoms with Crippen molar-refractivity contribution in [3.8, 4) is 0 Å². The Labute approximate surface area is 77.6 Å². The smallest absolute Gasteiger partial charge is 0.0418 e. The summed E-state index contributed by atoms with van der Waals surface area (Å²) in [5, 5.41) is 0. The number of nitrogens with two attached hydrogens (primary N) is 1. The Morgan fingerprint density at radius 2 is 2.33 bits per heavy atom. The third kappa shape index (κ3) is 1.54. The molecule has 1 saturated carbocycles. The molecule has 2 N–H and O–H groups in total. The second-order valence-corrected chi connectivity index (χ2v) is 4.72. The van der Waals surface area contributed by atoms with Gasteiger partial charge in [0.15, 0.2) is 0 Å². The van der Waals surface area contributed by atoms with Gasteiger partial charge < -0.3 is 5.73 Å². The summed E-state index contributed by atoms with van der Waals surface area (Å²) in [6, 6.07) is 4.74. The Hall–Kier alpha value is -0.340. The van der Waals surface area contributed by atoms with E-state index in [2.05, 4.69) is 19.1 Å². The normalized spacial score (nSPS) is 19.5. The van der Waals surface area contributed by atoms with Crippen molar-refractivity contribution in [1.82, 2.24) is 0 Å². The van der Waals surface area contributed by atoms with Crippen LogP contribution in [-0.4, -0.2) is 0 Å². The quantitative estimate of drug-likeness (QED) is 0.762. The van der Waals surface area contributed by atoms with E-state index < -0.39 is 0 Å². The predicted molar refractivity (Wildman–Crippen MR) is 53.3 cm³/mol. The topological polar surface area (TPSA) is 26.0 Å². The molecule has 0 amide bonds. The highest BCUT2D eigenvalue weighted by Crippen LogP contribution is 2.41. The summed E-state index contributed by atoms with van der Waals surface area (Å²) in [6.07, 6.45) is 3.81. The van der Waals surface area contributed by atoms with Gasteiger partial charge in [-0.3, -0.25) is 0 Å². The van der Waals surface area contributed by atoms with Crippen LogP contribution in [-0.2, 0) is 6.42 Å². The molecule has 2 heteroatoms. The lowest BCUT2D eigenvalue weighted by atomic mass is 10.2. The van der Waals surface area contributed by atoms with E-state index >= 15 is 0 Å². The molecule has 0 aliphatic heterocycles. The van der Waals surface area contributed by atoms with Gasteiger partial charge in [-0.2, -0.15) is 0 Å². The second-order valence-electron chi connectivity index (χ2n) is 3.52. The van der Waals surface area contributed by atoms with Crippen LogP contribution in [0.3, 0.4) is 0 Å². The number of rotatable bonds is 3. The molecule has 0 saturated heterocycles. The van der Waals surface area contributed by atoms with E-state index in [-0.39, 0.29) is 0 Å². The summed E-state index contributed by atoms with van der Waals surface area (Å²) in [7, 11) is 0. The van der Waals surface area contributed by atoms with E-state index in [0.29, 0.717) is 6.04 Å². The van der Waals surface area contributed by atoms with Crippen molar-refractivity contribution in [3.63, 3.8) is 0 Å². The molecule has 2 rings (SSSR count). The Balaban J connectivity index is 2.10. The van der Waals surface area contributed by atoms with Crippen LogP contribution < -0.4 is 5.73 Å². The highest BCUT2D eigenvalue weighted by Gasteiger charge is 2.30. The molecule has 0 radical (unpaired) electrons. The van der Waals surface area contributed by atoms with Crippen LogP contribution in [0.2, 0.25) is 0 Å². The Morgan fingerprint density at radius 3 is 2.83 bits per heavy atom. The van der Waals surface area contributed by atoms with Crippen LogP contribution in [0, 0.1) is 5.92 Å². The van der Waals surface area contributed by atoms with Crippen molar-refractivity contribution in [3.05, 3.63) is 21.9 Å². The fourth-order valence-corrected chi connectivity index (χ4v) is 2.50. The molecule has 1 aromatic heterocycles. The zero-order chi connectivity index (χ0) is 8.55. The summed E-state index contributed by atoms with van der Waals surface area (Å²) in [5.74, 6) is 0.786. The summed E-state index contributed by atoms with van der Waals surface area (Å²) < 4.78 is 0. The number of thiophene rings is 1. The van der Waals surface area contributed by atoms with E-state index in [4.69, 9.17) is 5.73 Å². The molecule has 0 aromatic carbocycles.